The van der Waals surface area contributed by atoms with E-state index in [1.807, 2.05) is 30.3 Å². The van der Waals surface area contributed by atoms with Gasteiger partial charge >= 0.3 is 0 Å². The highest BCUT2D eigenvalue weighted by Gasteiger charge is 2.12. The van der Waals surface area contributed by atoms with Gasteiger partial charge in [-0.2, -0.15) is 4.36 Å². The summed E-state index contributed by atoms with van der Waals surface area (Å²) in [5.41, 5.74) is 1.33. The summed E-state index contributed by atoms with van der Waals surface area (Å²) in [4.78, 5) is 16.5. The van der Waals surface area contributed by atoms with E-state index in [4.69, 9.17) is 0 Å². The Morgan fingerprint density at radius 3 is 2.55 bits per heavy atom. The van der Waals surface area contributed by atoms with Gasteiger partial charge in [-0.25, -0.2) is 9.19 Å². The van der Waals surface area contributed by atoms with Gasteiger partial charge in [0, 0.05) is 11.8 Å². The van der Waals surface area contributed by atoms with Crippen molar-refractivity contribution < 1.29 is 9.00 Å². The third-order valence-electron chi connectivity index (χ3n) is 3.03. The summed E-state index contributed by atoms with van der Waals surface area (Å²) in [5.74, 6) is -0.264. The molecular weight excluding hydrogens is 316 g/mol. The van der Waals surface area contributed by atoms with E-state index in [2.05, 4.69) is 9.35 Å². The van der Waals surface area contributed by atoms with Gasteiger partial charge in [0.15, 0.2) is 0 Å². The lowest BCUT2D eigenvalue weighted by Crippen LogP contribution is -2.05. The maximum absolute atomic E-state index is 12.6. The first-order chi connectivity index (χ1) is 10.5. The van der Waals surface area contributed by atoms with Crippen LogP contribution in [-0.2, 0) is 15.5 Å². The van der Waals surface area contributed by atoms with Gasteiger partial charge < -0.3 is 0 Å². The van der Waals surface area contributed by atoms with E-state index < -0.39 is 15.6 Å². The van der Waals surface area contributed by atoms with Gasteiger partial charge in [-0.3, -0.25) is 4.79 Å². The molecule has 0 N–H and O–H groups in total. The zero-order valence-corrected chi connectivity index (χ0v) is 13.6. The molecule has 0 saturated heterocycles. The smallest absolute Gasteiger partial charge is 0.266 e. The van der Waals surface area contributed by atoms with E-state index in [1.165, 1.54) is 17.6 Å². The van der Waals surface area contributed by atoms with Crippen molar-refractivity contribution in [2.45, 2.75) is 5.75 Å². The monoisotopic (exact) mass is 330 g/mol. The van der Waals surface area contributed by atoms with Crippen molar-refractivity contribution in [3.05, 3.63) is 65.2 Å². The van der Waals surface area contributed by atoms with Crippen LogP contribution < -0.4 is 0 Å². The summed E-state index contributed by atoms with van der Waals surface area (Å²) in [5, 5.41) is 0.735. The molecule has 1 aromatic heterocycles. The molecule has 0 aliphatic rings. The highest BCUT2D eigenvalue weighted by molar-refractivity contribution is 7.92. The normalized spacial score (nSPS) is 13.7. The van der Waals surface area contributed by atoms with E-state index in [0.717, 1.165) is 15.2 Å². The molecule has 22 heavy (non-hydrogen) atoms. The maximum Gasteiger partial charge on any atom is 0.285 e. The molecule has 4 nitrogen and oxygen atoms in total. The van der Waals surface area contributed by atoms with Crippen molar-refractivity contribution in [3.63, 3.8) is 0 Å². The molecule has 0 spiro atoms. The number of para-hydroxylation sites is 1. The number of amides is 1. The van der Waals surface area contributed by atoms with Crippen LogP contribution in [0.2, 0.25) is 0 Å². The zero-order chi connectivity index (χ0) is 15.6. The van der Waals surface area contributed by atoms with Crippen LogP contribution in [0.15, 0.2) is 59.0 Å². The van der Waals surface area contributed by atoms with Gasteiger partial charge in [0.2, 0.25) is 0 Å². The number of hydrogen-bond donors (Lipinski definition) is 0. The molecular formula is C16H14N2O2S2. The number of rotatable bonds is 3. The molecule has 0 radical (unpaired) electrons. The van der Waals surface area contributed by atoms with Gasteiger partial charge in [-0.05, 0) is 24.3 Å². The Kier molecular flexibility index (Phi) is 4.04. The Balaban J connectivity index is 1.88. The number of benzene rings is 2. The topological polar surface area (TPSA) is 59.4 Å². The first-order valence-corrected chi connectivity index (χ1v) is 9.58. The molecule has 3 aromatic rings. The van der Waals surface area contributed by atoms with Crippen molar-refractivity contribution >= 4 is 37.2 Å². The first kappa shape index (κ1) is 14.9. The fraction of sp³-hybridized carbons (Fsp3) is 0.125. The van der Waals surface area contributed by atoms with Crippen molar-refractivity contribution in [2.75, 3.05) is 6.26 Å². The number of hydrogen-bond acceptors (Lipinski definition) is 4. The Bertz CT molecular complexity index is 906. The molecule has 0 saturated carbocycles. The van der Waals surface area contributed by atoms with Gasteiger partial charge in [0.1, 0.15) is 5.01 Å². The minimum Gasteiger partial charge on any atom is -0.266 e. The molecule has 1 atom stereocenters. The molecule has 1 unspecified atom stereocenters. The SMILES string of the molecule is CS(=O)(Cc1nc2ccccc2s1)=NC(=O)c1ccccc1. The number of nitrogens with zero attached hydrogens (tertiary/aromatic N) is 2. The van der Waals surface area contributed by atoms with Crippen LogP contribution in [0, 0.1) is 0 Å². The summed E-state index contributed by atoms with van der Waals surface area (Å²) in [6.07, 6.45) is 1.50. The van der Waals surface area contributed by atoms with Gasteiger partial charge in [0.25, 0.3) is 5.91 Å². The second-order valence-electron chi connectivity index (χ2n) is 4.94. The maximum atomic E-state index is 12.6. The van der Waals surface area contributed by atoms with Gasteiger partial charge in [0.05, 0.1) is 25.7 Å². The minimum absolute atomic E-state index is 0.185. The van der Waals surface area contributed by atoms with Crippen molar-refractivity contribution in [2.24, 2.45) is 4.36 Å². The van der Waals surface area contributed by atoms with Crippen molar-refractivity contribution in [3.8, 4) is 0 Å². The van der Waals surface area contributed by atoms with Crippen LogP contribution in [-0.4, -0.2) is 21.4 Å². The van der Waals surface area contributed by atoms with Crippen LogP contribution in [0.25, 0.3) is 10.2 Å². The molecule has 6 heteroatoms. The van der Waals surface area contributed by atoms with Crippen LogP contribution in [0.4, 0.5) is 0 Å². The van der Waals surface area contributed by atoms with E-state index in [-0.39, 0.29) is 5.75 Å². The predicted octanol–water partition coefficient (Wildman–Crippen LogP) is 3.73. The highest BCUT2D eigenvalue weighted by Crippen LogP contribution is 2.23. The molecule has 112 valence electrons. The number of carbonyl (C=O) groups excluding carboxylic acids is 1. The van der Waals surface area contributed by atoms with Gasteiger partial charge in [-0.1, -0.05) is 30.3 Å². The summed E-state index contributed by atoms with van der Waals surface area (Å²) in [6.45, 7) is 0. The van der Waals surface area contributed by atoms with Crippen LogP contribution in [0.1, 0.15) is 15.4 Å². The number of thiazole rings is 1. The lowest BCUT2D eigenvalue weighted by atomic mass is 10.2. The second-order valence-corrected chi connectivity index (χ2v) is 8.45. The van der Waals surface area contributed by atoms with Crippen LogP contribution >= 0.6 is 11.3 Å². The number of carbonyl (C=O) groups is 1. The molecule has 0 fully saturated rings. The Labute approximate surface area is 133 Å². The fourth-order valence-corrected chi connectivity index (χ4v) is 4.75. The Hall–Kier alpha value is -2.05. The largest absolute Gasteiger partial charge is 0.285 e. The summed E-state index contributed by atoms with van der Waals surface area (Å²) in [7, 11) is -2.66. The quantitative estimate of drug-likeness (QED) is 0.735. The third-order valence-corrected chi connectivity index (χ3v) is 5.61. The number of aromatic nitrogens is 1. The third kappa shape index (κ3) is 3.40. The lowest BCUT2D eigenvalue weighted by Gasteiger charge is -2.01. The van der Waals surface area contributed by atoms with Gasteiger partial charge in [-0.15, -0.1) is 11.3 Å². The average molecular weight is 330 g/mol. The van der Waals surface area contributed by atoms with Crippen LogP contribution in [0.5, 0.6) is 0 Å². The molecule has 0 aliphatic heterocycles. The van der Waals surface area contributed by atoms with E-state index in [1.54, 1.807) is 24.3 Å². The van der Waals surface area contributed by atoms with Crippen molar-refractivity contribution in [1.29, 1.82) is 0 Å². The first-order valence-electron chi connectivity index (χ1n) is 6.67. The summed E-state index contributed by atoms with van der Waals surface area (Å²) < 4.78 is 17.5. The molecule has 1 heterocycles. The standard InChI is InChI=1S/C16H14N2O2S2/c1-22(20,18-16(19)12-7-3-2-4-8-12)11-15-17-13-9-5-6-10-14(13)21-15/h2-10H,11H2,1H3. The van der Waals surface area contributed by atoms with E-state index in [9.17, 15) is 9.00 Å². The average Bonchev–Trinajstić information content (AvgIpc) is 2.88. The van der Waals surface area contributed by atoms with E-state index >= 15 is 0 Å². The Morgan fingerprint density at radius 1 is 1.14 bits per heavy atom. The minimum atomic E-state index is -2.66. The molecule has 0 bridgehead atoms. The number of fused-ring (bicyclic) bond motifs is 1. The summed E-state index contributed by atoms with van der Waals surface area (Å²) in [6, 6.07) is 16.4. The van der Waals surface area contributed by atoms with Crippen molar-refractivity contribution in [1.82, 2.24) is 4.98 Å². The molecule has 2 aromatic carbocycles. The molecule has 0 aliphatic carbocycles. The predicted molar refractivity (Wildman–Crippen MR) is 90.6 cm³/mol. The molecule has 3 rings (SSSR count). The zero-order valence-electron chi connectivity index (χ0n) is 11.9. The van der Waals surface area contributed by atoms with E-state index in [0.29, 0.717) is 5.56 Å². The Morgan fingerprint density at radius 2 is 1.82 bits per heavy atom. The lowest BCUT2D eigenvalue weighted by molar-refractivity contribution is 0.100. The second kappa shape index (κ2) is 5.98. The fourth-order valence-electron chi connectivity index (χ4n) is 2.05. The molecule has 1 amide bonds. The van der Waals surface area contributed by atoms with Crippen LogP contribution in [0.3, 0.4) is 0 Å². The summed E-state index contributed by atoms with van der Waals surface area (Å²) >= 11 is 1.49. The highest BCUT2D eigenvalue weighted by atomic mass is 32.2.